The Hall–Kier alpha value is -2.37. The average molecular weight is 361 g/mol. The van der Waals surface area contributed by atoms with Crippen LogP contribution in [0.5, 0.6) is 5.75 Å². The number of methoxy groups -OCH3 is 1. The van der Waals surface area contributed by atoms with E-state index in [0.29, 0.717) is 19.6 Å². The van der Waals surface area contributed by atoms with Crippen LogP contribution in [0.15, 0.2) is 24.3 Å². The number of likely N-dealkylation sites (tertiary alicyclic amines) is 1. The summed E-state index contributed by atoms with van der Waals surface area (Å²) in [6.45, 7) is 0.792. The van der Waals surface area contributed by atoms with Gasteiger partial charge < -0.3 is 14.4 Å². The first-order chi connectivity index (χ1) is 12.7. The van der Waals surface area contributed by atoms with Gasteiger partial charge in [-0.15, -0.1) is 0 Å². The summed E-state index contributed by atoms with van der Waals surface area (Å²) in [4.78, 5) is 35.9. The van der Waals surface area contributed by atoms with Gasteiger partial charge in [-0.1, -0.05) is 12.1 Å². The zero-order valence-corrected chi connectivity index (χ0v) is 15.3. The third kappa shape index (κ3) is 5.86. The molecular formula is C20H27NO5. The molecule has 0 aliphatic carbocycles. The van der Waals surface area contributed by atoms with Crippen LogP contribution < -0.4 is 4.74 Å². The maximum absolute atomic E-state index is 12.2. The summed E-state index contributed by atoms with van der Waals surface area (Å²) < 4.78 is 10.5. The van der Waals surface area contributed by atoms with Gasteiger partial charge in [0.1, 0.15) is 11.8 Å². The molecule has 1 aromatic rings. The number of aryl methyl sites for hydroxylation is 1. The van der Waals surface area contributed by atoms with Crippen molar-refractivity contribution in [2.24, 2.45) is 0 Å². The van der Waals surface area contributed by atoms with E-state index < -0.39 is 17.9 Å². The molecule has 2 rings (SSSR count). The van der Waals surface area contributed by atoms with Crippen molar-refractivity contribution in [3.05, 3.63) is 29.8 Å². The molecule has 0 radical (unpaired) electrons. The van der Waals surface area contributed by atoms with Crippen LogP contribution in [0, 0.1) is 0 Å². The summed E-state index contributed by atoms with van der Waals surface area (Å²) in [5, 5.41) is 0. The minimum atomic E-state index is -0.633. The number of carbonyl (C=O) groups is 3. The Bertz CT molecular complexity index is 599. The van der Waals surface area contributed by atoms with Crippen molar-refractivity contribution < 1.29 is 23.9 Å². The van der Waals surface area contributed by atoms with Gasteiger partial charge in [-0.25, -0.2) is 4.79 Å². The molecule has 1 atom stereocenters. The molecular weight excluding hydrogens is 334 g/mol. The average Bonchev–Trinajstić information content (AvgIpc) is 2.70. The van der Waals surface area contributed by atoms with Crippen molar-refractivity contribution in [3.8, 4) is 5.75 Å². The van der Waals surface area contributed by atoms with E-state index in [9.17, 15) is 14.4 Å². The Morgan fingerprint density at radius 1 is 1.15 bits per heavy atom. The molecule has 1 unspecified atom stereocenters. The fraction of sp³-hybridized carbons (Fsp3) is 0.550. The summed E-state index contributed by atoms with van der Waals surface area (Å²) in [5.41, 5.74) is 1.26. The standard InChI is InChI=1S/C20H27NO5/c1-25-17-11-9-16(10-12-17)7-3-2-6-14-26-20(24)18-8-4-5-13-21(18)19(23)15-22/h9-12,15,18H,2-8,13-14H2,1H3. The van der Waals surface area contributed by atoms with Crippen LogP contribution >= 0.6 is 0 Å². The Morgan fingerprint density at radius 3 is 2.62 bits per heavy atom. The first kappa shape index (κ1) is 19.9. The van der Waals surface area contributed by atoms with Crippen molar-refractivity contribution >= 4 is 18.2 Å². The predicted molar refractivity (Wildman–Crippen MR) is 96.9 cm³/mol. The molecule has 1 amide bonds. The van der Waals surface area contributed by atoms with E-state index in [-0.39, 0.29) is 6.29 Å². The predicted octanol–water partition coefficient (Wildman–Crippen LogP) is 2.53. The summed E-state index contributed by atoms with van der Waals surface area (Å²) in [6.07, 6.45) is 6.25. The molecule has 0 saturated carbocycles. The largest absolute Gasteiger partial charge is 0.497 e. The van der Waals surface area contributed by atoms with Gasteiger partial charge in [-0.2, -0.15) is 0 Å². The molecule has 1 aliphatic rings. The molecule has 0 bridgehead atoms. The number of aldehydes is 1. The summed E-state index contributed by atoms with van der Waals surface area (Å²) in [5.74, 6) is -0.174. The number of hydrogen-bond donors (Lipinski definition) is 0. The van der Waals surface area contributed by atoms with E-state index in [1.807, 2.05) is 12.1 Å². The minimum Gasteiger partial charge on any atom is -0.497 e. The van der Waals surface area contributed by atoms with E-state index in [0.717, 1.165) is 44.3 Å². The number of carbonyl (C=O) groups excluding carboxylic acids is 3. The summed E-state index contributed by atoms with van der Waals surface area (Å²) in [7, 11) is 1.65. The van der Waals surface area contributed by atoms with Crippen LogP contribution in [0.3, 0.4) is 0 Å². The fourth-order valence-electron chi connectivity index (χ4n) is 3.18. The molecule has 1 heterocycles. The highest BCUT2D eigenvalue weighted by atomic mass is 16.5. The molecule has 6 heteroatoms. The van der Waals surface area contributed by atoms with E-state index in [2.05, 4.69) is 12.1 Å². The number of unbranched alkanes of at least 4 members (excludes halogenated alkanes) is 2. The topological polar surface area (TPSA) is 72.9 Å². The third-order valence-electron chi connectivity index (χ3n) is 4.67. The second-order valence-electron chi connectivity index (χ2n) is 6.49. The third-order valence-corrected chi connectivity index (χ3v) is 4.67. The number of hydrogen-bond acceptors (Lipinski definition) is 5. The normalized spacial score (nSPS) is 16.8. The number of piperidine rings is 1. The van der Waals surface area contributed by atoms with E-state index in [1.54, 1.807) is 7.11 Å². The molecule has 26 heavy (non-hydrogen) atoms. The van der Waals surface area contributed by atoms with Gasteiger partial charge in [0.05, 0.1) is 13.7 Å². The fourth-order valence-corrected chi connectivity index (χ4v) is 3.18. The Balaban J connectivity index is 1.64. The highest BCUT2D eigenvalue weighted by Crippen LogP contribution is 2.18. The zero-order valence-electron chi connectivity index (χ0n) is 15.3. The molecule has 0 aromatic heterocycles. The van der Waals surface area contributed by atoms with Crippen molar-refractivity contribution in [2.45, 2.75) is 51.0 Å². The molecule has 1 saturated heterocycles. The van der Waals surface area contributed by atoms with E-state index in [1.165, 1.54) is 10.5 Å². The van der Waals surface area contributed by atoms with Crippen LogP contribution in [-0.4, -0.2) is 49.4 Å². The Labute approximate surface area is 154 Å². The monoisotopic (exact) mass is 361 g/mol. The second kappa shape index (κ2) is 10.6. The zero-order chi connectivity index (χ0) is 18.8. The Morgan fingerprint density at radius 2 is 1.92 bits per heavy atom. The molecule has 1 fully saturated rings. The first-order valence-electron chi connectivity index (χ1n) is 9.21. The van der Waals surface area contributed by atoms with Crippen LogP contribution in [0.2, 0.25) is 0 Å². The lowest BCUT2D eigenvalue weighted by molar-refractivity contribution is -0.157. The molecule has 0 N–H and O–H groups in total. The second-order valence-corrected chi connectivity index (χ2v) is 6.49. The number of amides is 1. The quantitative estimate of drug-likeness (QED) is 0.292. The highest BCUT2D eigenvalue weighted by Gasteiger charge is 2.32. The van der Waals surface area contributed by atoms with E-state index >= 15 is 0 Å². The van der Waals surface area contributed by atoms with Gasteiger partial charge in [0.25, 0.3) is 5.91 Å². The van der Waals surface area contributed by atoms with Gasteiger partial charge in [-0.3, -0.25) is 9.59 Å². The van der Waals surface area contributed by atoms with Crippen molar-refractivity contribution in [3.63, 3.8) is 0 Å². The first-order valence-corrected chi connectivity index (χ1v) is 9.21. The lowest BCUT2D eigenvalue weighted by Gasteiger charge is -2.32. The Kier molecular flexibility index (Phi) is 8.12. The summed E-state index contributed by atoms with van der Waals surface area (Å²) >= 11 is 0. The van der Waals surface area contributed by atoms with E-state index in [4.69, 9.17) is 9.47 Å². The summed E-state index contributed by atoms with van der Waals surface area (Å²) in [6, 6.07) is 7.41. The van der Waals surface area contributed by atoms with Crippen molar-refractivity contribution in [2.75, 3.05) is 20.3 Å². The molecule has 1 aliphatic heterocycles. The lowest BCUT2D eigenvalue weighted by atomic mass is 10.0. The SMILES string of the molecule is COc1ccc(CCCCCOC(=O)C2CCCCN2C(=O)C=O)cc1. The number of ether oxygens (including phenoxy) is 2. The van der Waals surface area contributed by atoms with Crippen molar-refractivity contribution in [1.29, 1.82) is 0 Å². The van der Waals surface area contributed by atoms with Crippen LogP contribution in [0.1, 0.15) is 44.1 Å². The highest BCUT2D eigenvalue weighted by molar-refractivity contribution is 6.24. The minimum absolute atomic E-state index is 0.269. The van der Waals surface area contributed by atoms with Crippen LogP contribution in [0.4, 0.5) is 0 Å². The van der Waals surface area contributed by atoms with Gasteiger partial charge in [0, 0.05) is 6.54 Å². The maximum Gasteiger partial charge on any atom is 0.328 e. The molecule has 6 nitrogen and oxygen atoms in total. The van der Waals surface area contributed by atoms with Gasteiger partial charge in [-0.05, 0) is 62.6 Å². The smallest absolute Gasteiger partial charge is 0.328 e. The maximum atomic E-state index is 12.2. The van der Waals surface area contributed by atoms with Crippen LogP contribution in [0.25, 0.3) is 0 Å². The number of rotatable bonds is 9. The van der Waals surface area contributed by atoms with Crippen molar-refractivity contribution in [1.82, 2.24) is 4.90 Å². The molecule has 1 aromatic carbocycles. The molecule has 0 spiro atoms. The number of benzene rings is 1. The van der Waals surface area contributed by atoms with Gasteiger partial charge in [0.15, 0.2) is 0 Å². The number of esters is 1. The number of nitrogens with zero attached hydrogens (tertiary/aromatic N) is 1. The lowest BCUT2D eigenvalue weighted by Crippen LogP contribution is -2.49. The van der Waals surface area contributed by atoms with Gasteiger partial charge >= 0.3 is 5.97 Å². The van der Waals surface area contributed by atoms with Gasteiger partial charge in [0.2, 0.25) is 6.29 Å². The van der Waals surface area contributed by atoms with Crippen LogP contribution in [-0.2, 0) is 25.5 Å². The molecule has 142 valence electrons.